The molecule has 0 saturated heterocycles. The Morgan fingerprint density at radius 3 is 2.69 bits per heavy atom. The Labute approximate surface area is 99.0 Å². The lowest BCUT2D eigenvalue weighted by atomic mass is 10.1. The van der Waals surface area contributed by atoms with E-state index in [1.54, 1.807) is 0 Å². The average molecular weight is 221 g/mol. The molecule has 0 saturated carbocycles. The summed E-state index contributed by atoms with van der Waals surface area (Å²) in [5.74, 6) is 1.02. The SMILES string of the molecule is CCCCOc1ccccc1[C@@H](C)NCC. The Morgan fingerprint density at radius 2 is 2.00 bits per heavy atom. The van der Waals surface area contributed by atoms with Crippen molar-refractivity contribution in [3.05, 3.63) is 29.8 Å². The van der Waals surface area contributed by atoms with Gasteiger partial charge in [0, 0.05) is 11.6 Å². The fourth-order valence-electron chi connectivity index (χ4n) is 1.71. The summed E-state index contributed by atoms with van der Waals surface area (Å²) in [4.78, 5) is 0. The van der Waals surface area contributed by atoms with Crippen LogP contribution in [0.15, 0.2) is 24.3 Å². The Morgan fingerprint density at radius 1 is 1.25 bits per heavy atom. The molecule has 1 rings (SSSR count). The standard InChI is InChI=1S/C14H23NO/c1-4-6-11-16-14-10-8-7-9-13(14)12(3)15-5-2/h7-10,12,15H,4-6,11H2,1-3H3/t12-/m1/s1. The summed E-state index contributed by atoms with van der Waals surface area (Å²) >= 11 is 0. The number of unbranched alkanes of at least 4 members (excludes halogenated alkanes) is 1. The van der Waals surface area contributed by atoms with Crippen LogP contribution in [0.25, 0.3) is 0 Å². The van der Waals surface area contributed by atoms with Crippen molar-refractivity contribution in [3.8, 4) is 5.75 Å². The largest absolute Gasteiger partial charge is 0.493 e. The Hall–Kier alpha value is -1.02. The Balaban J connectivity index is 2.67. The highest BCUT2D eigenvalue weighted by atomic mass is 16.5. The van der Waals surface area contributed by atoms with Crippen molar-refractivity contribution in [1.29, 1.82) is 0 Å². The van der Waals surface area contributed by atoms with Crippen LogP contribution in [0.2, 0.25) is 0 Å². The topological polar surface area (TPSA) is 21.3 Å². The van der Waals surface area contributed by atoms with Crippen molar-refractivity contribution in [2.24, 2.45) is 0 Å². The second-order valence-corrected chi connectivity index (χ2v) is 4.02. The fraction of sp³-hybridized carbons (Fsp3) is 0.571. The van der Waals surface area contributed by atoms with Crippen molar-refractivity contribution < 1.29 is 4.74 Å². The molecule has 0 heterocycles. The van der Waals surface area contributed by atoms with Crippen LogP contribution in [0, 0.1) is 0 Å². The van der Waals surface area contributed by atoms with Gasteiger partial charge in [0.1, 0.15) is 5.75 Å². The predicted molar refractivity (Wildman–Crippen MR) is 68.9 cm³/mol. The second kappa shape index (κ2) is 7.29. The number of para-hydroxylation sites is 1. The first kappa shape index (κ1) is 13.0. The van der Waals surface area contributed by atoms with E-state index < -0.39 is 0 Å². The maximum absolute atomic E-state index is 5.81. The van der Waals surface area contributed by atoms with Gasteiger partial charge in [-0.1, -0.05) is 38.5 Å². The van der Waals surface area contributed by atoms with Gasteiger partial charge in [-0.15, -0.1) is 0 Å². The number of rotatable bonds is 7. The van der Waals surface area contributed by atoms with Crippen molar-refractivity contribution >= 4 is 0 Å². The molecule has 0 unspecified atom stereocenters. The molecule has 1 aromatic rings. The first-order chi connectivity index (χ1) is 7.79. The molecule has 2 nitrogen and oxygen atoms in total. The monoisotopic (exact) mass is 221 g/mol. The summed E-state index contributed by atoms with van der Waals surface area (Å²) in [6.07, 6.45) is 2.29. The van der Waals surface area contributed by atoms with Crippen molar-refractivity contribution in [2.75, 3.05) is 13.2 Å². The summed E-state index contributed by atoms with van der Waals surface area (Å²) in [6, 6.07) is 8.63. The maximum Gasteiger partial charge on any atom is 0.124 e. The third-order valence-corrected chi connectivity index (χ3v) is 2.65. The molecule has 0 aromatic heterocycles. The molecule has 16 heavy (non-hydrogen) atoms. The molecule has 1 aromatic carbocycles. The van der Waals surface area contributed by atoms with Crippen molar-refractivity contribution in [2.45, 2.75) is 39.7 Å². The lowest BCUT2D eigenvalue weighted by molar-refractivity contribution is 0.303. The van der Waals surface area contributed by atoms with Crippen LogP contribution in [0.1, 0.15) is 45.2 Å². The van der Waals surface area contributed by atoms with Gasteiger partial charge in [-0.2, -0.15) is 0 Å². The van der Waals surface area contributed by atoms with Gasteiger partial charge in [0.05, 0.1) is 6.61 Å². The van der Waals surface area contributed by atoms with E-state index in [0.29, 0.717) is 6.04 Å². The molecule has 0 fully saturated rings. The number of benzene rings is 1. The van der Waals surface area contributed by atoms with Gasteiger partial charge >= 0.3 is 0 Å². The van der Waals surface area contributed by atoms with Gasteiger partial charge in [-0.05, 0) is 26.0 Å². The molecule has 0 amide bonds. The van der Waals surface area contributed by atoms with Gasteiger partial charge in [0.25, 0.3) is 0 Å². The van der Waals surface area contributed by atoms with Gasteiger partial charge in [0.15, 0.2) is 0 Å². The van der Waals surface area contributed by atoms with Crippen molar-refractivity contribution in [3.63, 3.8) is 0 Å². The van der Waals surface area contributed by atoms with E-state index in [2.05, 4.69) is 44.3 Å². The molecule has 0 aliphatic carbocycles. The molecular formula is C14H23NO. The summed E-state index contributed by atoms with van der Waals surface area (Å²) < 4.78 is 5.81. The highest BCUT2D eigenvalue weighted by molar-refractivity contribution is 5.35. The zero-order chi connectivity index (χ0) is 11.8. The minimum atomic E-state index is 0.350. The lowest BCUT2D eigenvalue weighted by Crippen LogP contribution is -2.18. The average Bonchev–Trinajstić information content (AvgIpc) is 2.30. The van der Waals surface area contributed by atoms with Gasteiger partial charge in [0.2, 0.25) is 0 Å². The second-order valence-electron chi connectivity index (χ2n) is 4.02. The first-order valence-electron chi connectivity index (χ1n) is 6.24. The zero-order valence-electron chi connectivity index (χ0n) is 10.6. The van der Waals surface area contributed by atoms with Gasteiger partial charge < -0.3 is 10.1 Å². The lowest BCUT2D eigenvalue weighted by Gasteiger charge is -2.17. The van der Waals surface area contributed by atoms with Crippen LogP contribution < -0.4 is 10.1 Å². The normalized spacial score (nSPS) is 12.4. The molecule has 1 N–H and O–H groups in total. The van der Waals surface area contributed by atoms with Crippen LogP contribution in [0.5, 0.6) is 5.75 Å². The van der Waals surface area contributed by atoms with Gasteiger partial charge in [-0.3, -0.25) is 0 Å². The fourth-order valence-corrected chi connectivity index (χ4v) is 1.71. The van der Waals surface area contributed by atoms with E-state index >= 15 is 0 Å². The molecule has 0 aliphatic heterocycles. The van der Waals surface area contributed by atoms with Crippen LogP contribution in [0.3, 0.4) is 0 Å². The molecule has 0 bridgehead atoms. The van der Waals surface area contributed by atoms with Crippen molar-refractivity contribution in [1.82, 2.24) is 5.32 Å². The van der Waals surface area contributed by atoms with E-state index in [1.165, 1.54) is 12.0 Å². The summed E-state index contributed by atoms with van der Waals surface area (Å²) in [5.41, 5.74) is 1.25. The Kier molecular flexibility index (Phi) is 5.94. The smallest absolute Gasteiger partial charge is 0.124 e. The predicted octanol–water partition coefficient (Wildman–Crippen LogP) is 3.54. The minimum Gasteiger partial charge on any atom is -0.493 e. The molecule has 0 aliphatic rings. The molecule has 2 heteroatoms. The van der Waals surface area contributed by atoms with E-state index in [0.717, 1.165) is 25.3 Å². The van der Waals surface area contributed by atoms with E-state index in [4.69, 9.17) is 4.74 Å². The quantitative estimate of drug-likeness (QED) is 0.711. The summed E-state index contributed by atoms with van der Waals surface area (Å²) in [7, 11) is 0. The van der Waals surface area contributed by atoms with Gasteiger partial charge in [-0.25, -0.2) is 0 Å². The van der Waals surface area contributed by atoms with E-state index in [9.17, 15) is 0 Å². The van der Waals surface area contributed by atoms with E-state index in [1.807, 2.05) is 6.07 Å². The number of ether oxygens (including phenoxy) is 1. The highest BCUT2D eigenvalue weighted by Gasteiger charge is 2.09. The van der Waals surface area contributed by atoms with Crippen LogP contribution in [0.4, 0.5) is 0 Å². The molecule has 90 valence electrons. The Bertz CT molecular complexity index is 299. The molecular weight excluding hydrogens is 198 g/mol. The van der Waals surface area contributed by atoms with Crippen LogP contribution in [-0.2, 0) is 0 Å². The van der Waals surface area contributed by atoms with Crippen LogP contribution in [-0.4, -0.2) is 13.2 Å². The number of nitrogens with one attached hydrogen (secondary N) is 1. The number of hydrogen-bond acceptors (Lipinski definition) is 2. The van der Waals surface area contributed by atoms with Crippen LogP contribution >= 0.6 is 0 Å². The third kappa shape index (κ3) is 3.86. The minimum absolute atomic E-state index is 0.350. The van der Waals surface area contributed by atoms with E-state index in [-0.39, 0.29) is 0 Å². The number of hydrogen-bond donors (Lipinski definition) is 1. The third-order valence-electron chi connectivity index (χ3n) is 2.65. The maximum atomic E-state index is 5.81. The molecule has 0 spiro atoms. The first-order valence-corrected chi connectivity index (χ1v) is 6.24. The highest BCUT2D eigenvalue weighted by Crippen LogP contribution is 2.24. The molecule has 1 atom stereocenters. The molecule has 0 radical (unpaired) electrons. The summed E-state index contributed by atoms with van der Waals surface area (Å²) in [6.45, 7) is 8.26. The zero-order valence-corrected chi connectivity index (χ0v) is 10.6. The summed E-state index contributed by atoms with van der Waals surface area (Å²) in [5, 5.41) is 3.41.